The number of aliphatic hydroxyl groups excluding tert-OH is 1. The zero-order chi connectivity index (χ0) is 16.1. The van der Waals surface area contributed by atoms with Gasteiger partial charge in [0.25, 0.3) is 0 Å². The first-order chi connectivity index (χ1) is 10.5. The lowest BCUT2D eigenvalue weighted by molar-refractivity contribution is 0.282. The molecule has 1 heterocycles. The first-order valence-corrected chi connectivity index (χ1v) is 7.10. The van der Waals surface area contributed by atoms with E-state index in [0.717, 1.165) is 37.4 Å². The predicted molar refractivity (Wildman–Crippen MR) is 89.2 cm³/mol. The Morgan fingerprint density at radius 1 is 1.18 bits per heavy atom. The van der Waals surface area contributed by atoms with Crippen molar-refractivity contribution in [1.29, 1.82) is 0 Å². The topological polar surface area (TPSA) is 129 Å². The third-order valence-electron chi connectivity index (χ3n) is 3.55. The van der Waals surface area contributed by atoms with Crippen LogP contribution in [0, 0.1) is 0 Å². The number of nitrogens with two attached hydrogens (primary N) is 3. The SMILES string of the molecule is CN1CCN(c2ccc(CO)cc2N=C(N)N=C(N)N)CC1. The Hall–Kier alpha value is -2.32. The Labute approximate surface area is 129 Å². The number of hydrogen-bond acceptors (Lipinski definition) is 4. The Morgan fingerprint density at radius 2 is 1.86 bits per heavy atom. The summed E-state index contributed by atoms with van der Waals surface area (Å²) in [4.78, 5) is 12.5. The van der Waals surface area contributed by atoms with Crippen LogP contribution in [0.5, 0.6) is 0 Å². The van der Waals surface area contributed by atoms with E-state index in [9.17, 15) is 5.11 Å². The van der Waals surface area contributed by atoms with Crippen LogP contribution in [0.15, 0.2) is 28.2 Å². The van der Waals surface area contributed by atoms with Crippen molar-refractivity contribution in [2.75, 3.05) is 38.1 Å². The average Bonchev–Trinajstić information content (AvgIpc) is 2.47. The first kappa shape index (κ1) is 16.1. The lowest BCUT2D eigenvalue weighted by atomic mass is 10.1. The molecule has 0 radical (unpaired) electrons. The van der Waals surface area contributed by atoms with Crippen molar-refractivity contribution in [3.63, 3.8) is 0 Å². The van der Waals surface area contributed by atoms with Crippen LogP contribution in [-0.4, -0.2) is 55.2 Å². The van der Waals surface area contributed by atoms with Gasteiger partial charge >= 0.3 is 0 Å². The second-order valence-electron chi connectivity index (χ2n) is 5.28. The molecule has 0 atom stereocenters. The average molecular weight is 305 g/mol. The van der Waals surface area contributed by atoms with E-state index in [1.165, 1.54) is 0 Å². The van der Waals surface area contributed by atoms with E-state index in [1.807, 2.05) is 12.1 Å². The summed E-state index contributed by atoms with van der Waals surface area (Å²) in [5, 5.41) is 9.31. The number of guanidine groups is 2. The number of aliphatic imine (C=N–C) groups is 2. The molecule has 0 saturated carbocycles. The van der Waals surface area contributed by atoms with Crippen molar-refractivity contribution >= 4 is 23.3 Å². The second kappa shape index (κ2) is 7.10. The van der Waals surface area contributed by atoms with Gasteiger partial charge in [0.2, 0.25) is 5.96 Å². The largest absolute Gasteiger partial charge is 0.392 e. The third kappa shape index (κ3) is 4.09. The molecule has 8 heteroatoms. The molecule has 1 saturated heterocycles. The van der Waals surface area contributed by atoms with Gasteiger partial charge in [-0.15, -0.1) is 0 Å². The molecular weight excluding hydrogens is 282 g/mol. The van der Waals surface area contributed by atoms with Crippen molar-refractivity contribution in [2.24, 2.45) is 27.2 Å². The number of likely N-dealkylation sites (N-methyl/N-ethyl adjacent to an activating group) is 1. The Bertz CT molecular complexity index is 573. The van der Waals surface area contributed by atoms with Crippen LogP contribution < -0.4 is 22.1 Å². The van der Waals surface area contributed by atoms with E-state index in [0.29, 0.717) is 5.69 Å². The summed E-state index contributed by atoms with van der Waals surface area (Å²) in [5.41, 5.74) is 18.7. The molecule has 7 N–H and O–H groups in total. The minimum atomic E-state index is -0.138. The smallest absolute Gasteiger partial charge is 0.223 e. The number of piperazine rings is 1. The molecule has 0 amide bonds. The quantitative estimate of drug-likeness (QED) is 0.425. The number of anilines is 1. The maximum atomic E-state index is 9.31. The van der Waals surface area contributed by atoms with Crippen LogP contribution in [0.1, 0.15) is 5.56 Å². The maximum absolute atomic E-state index is 9.31. The van der Waals surface area contributed by atoms with Gasteiger partial charge in [-0.1, -0.05) is 6.07 Å². The second-order valence-corrected chi connectivity index (χ2v) is 5.28. The molecule has 0 unspecified atom stereocenters. The Balaban J connectivity index is 2.35. The summed E-state index contributed by atoms with van der Waals surface area (Å²) in [6.07, 6.45) is 0. The highest BCUT2D eigenvalue weighted by Gasteiger charge is 2.17. The summed E-state index contributed by atoms with van der Waals surface area (Å²) >= 11 is 0. The third-order valence-corrected chi connectivity index (χ3v) is 3.55. The number of rotatable bonds is 3. The van der Waals surface area contributed by atoms with Crippen LogP contribution in [0.4, 0.5) is 11.4 Å². The summed E-state index contributed by atoms with van der Waals surface area (Å²) in [5.74, 6) is -0.147. The van der Waals surface area contributed by atoms with Crippen LogP contribution in [0.2, 0.25) is 0 Å². The molecule has 0 aromatic heterocycles. The Morgan fingerprint density at radius 3 is 2.45 bits per heavy atom. The normalized spacial score (nSPS) is 16.6. The maximum Gasteiger partial charge on any atom is 0.223 e. The molecule has 0 spiro atoms. The molecule has 1 aliphatic rings. The molecule has 1 fully saturated rings. The van der Waals surface area contributed by atoms with Crippen molar-refractivity contribution in [3.8, 4) is 0 Å². The van der Waals surface area contributed by atoms with E-state index in [4.69, 9.17) is 17.2 Å². The zero-order valence-electron chi connectivity index (χ0n) is 12.7. The van der Waals surface area contributed by atoms with Gasteiger partial charge in [-0.2, -0.15) is 4.99 Å². The van der Waals surface area contributed by atoms with E-state index >= 15 is 0 Å². The van der Waals surface area contributed by atoms with Crippen LogP contribution in [0.25, 0.3) is 0 Å². The molecule has 22 heavy (non-hydrogen) atoms. The van der Waals surface area contributed by atoms with Crippen molar-refractivity contribution in [1.82, 2.24) is 4.90 Å². The van der Waals surface area contributed by atoms with Gasteiger partial charge in [-0.3, -0.25) is 0 Å². The van der Waals surface area contributed by atoms with Gasteiger partial charge in [0, 0.05) is 26.2 Å². The molecule has 120 valence electrons. The molecule has 0 aliphatic carbocycles. The van der Waals surface area contributed by atoms with Gasteiger partial charge < -0.3 is 32.1 Å². The number of hydrogen-bond donors (Lipinski definition) is 4. The van der Waals surface area contributed by atoms with Gasteiger partial charge in [-0.05, 0) is 24.7 Å². The van der Waals surface area contributed by atoms with Crippen molar-refractivity contribution in [3.05, 3.63) is 23.8 Å². The fourth-order valence-electron chi connectivity index (χ4n) is 2.35. The van der Waals surface area contributed by atoms with Gasteiger partial charge in [0.15, 0.2) is 5.96 Å². The molecule has 0 bridgehead atoms. The first-order valence-electron chi connectivity index (χ1n) is 7.10. The fourth-order valence-corrected chi connectivity index (χ4v) is 2.35. The monoisotopic (exact) mass is 305 g/mol. The predicted octanol–water partition coefficient (Wildman–Crippen LogP) is -0.850. The van der Waals surface area contributed by atoms with Crippen LogP contribution >= 0.6 is 0 Å². The fraction of sp³-hybridized carbons (Fsp3) is 0.429. The lowest BCUT2D eigenvalue weighted by Crippen LogP contribution is -2.44. The highest BCUT2D eigenvalue weighted by Crippen LogP contribution is 2.30. The molecule has 8 nitrogen and oxygen atoms in total. The van der Waals surface area contributed by atoms with Crippen molar-refractivity contribution in [2.45, 2.75) is 6.61 Å². The highest BCUT2D eigenvalue weighted by atomic mass is 16.3. The van der Waals surface area contributed by atoms with Crippen LogP contribution in [0.3, 0.4) is 0 Å². The van der Waals surface area contributed by atoms with E-state index < -0.39 is 0 Å². The molecule has 1 aliphatic heterocycles. The van der Waals surface area contributed by atoms with E-state index in [2.05, 4.69) is 26.8 Å². The summed E-state index contributed by atoms with van der Waals surface area (Å²) in [6, 6.07) is 5.62. The number of nitrogens with zero attached hydrogens (tertiary/aromatic N) is 4. The summed E-state index contributed by atoms with van der Waals surface area (Å²) in [6.45, 7) is 3.70. The van der Waals surface area contributed by atoms with Crippen molar-refractivity contribution < 1.29 is 5.11 Å². The highest BCUT2D eigenvalue weighted by molar-refractivity contribution is 5.94. The van der Waals surface area contributed by atoms with Gasteiger partial charge in [0.05, 0.1) is 18.0 Å². The number of benzene rings is 1. The van der Waals surface area contributed by atoms with E-state index in [1.54, 1.807) is 6.07 Å². The summed E-state index contributed by atoms with van der Waals surface area (Å²) < 4.78 is 0. The molecular formula is C14H23N7O. The molecule has 2 rings (SSSR count). The van der Waals surface area contributed by atoms with Gasteiger partial charge in [-0.25, -0.2) is 4.99 Å². The molecule has 1 aromatic rings. The zero-order valence-corrected chi connectivity index (χ0v) is 12.7. The Kier molecular flexibility index (Phi) is 5.18. The van der Waals surface area contributed by atoms with Crippen LogP contribution in [-0.2, 0) is 6.61 Å². The minimum Gasteiger partial charge on any atom is -0.392 e. The molecule has 1 aromatic carbocycles. The standard InChI is InChI=1S/C14H23N7O/c1-20-4-6-21(7-5-20)12-3-2-10(9-22)8-11(12)18-14(17)19-13(15)16/h2-3,8,22H,4-7,9H2,1H3,(H6,15,16,17,18,19). The minimum absolute atomic E-state index is 0.00883. The van der Waals surface area contributed by atoms with E-state index in [-0.39, 0.29) is 18.5 Å². The van der Waals surface area contributed by atoms with Gasteiger partial charge in [0.1, 0.15) is 0 Å². The summed E-state index contributed by atoms with van der Waals surface area (Å²) in [7, 11) is 2.10. The lowest BCUT2D eigenvalue weighted by Gasteiger charge is -2.34. The number of aliphatic hydroxyl groups is 1.